The van der Waals surface area contributed by atoms with Gasteiger partial charge in [0, 0.05) is 0 Å². The molecular formula is C26H24F4O5. The topological polar surface area (TPSA) is 65.0 Å². The summed E-state index contributed by atoms with van der Waals surface area (Å²) in [7, 11) is 0. The van der Waals surface area contributed by atoms with Gasteiger partial charge >= 0.3 is 18.5 Å². The summed E-state index contributed by atoms with van der Waals surface area (Å²) >= 11 is 0. The van der Waals surface area contributed by atoms with Crippen molar-refractivity contribution in [3.63, 3.8) is 0 Å². The smallest absolute Gasteiger partial charge is 0.461 e. The molecule has 0 aliphatic heterocycles. The van der Waals surface area contributed by atoms with E-state index in [0.29, 0.717) is 22.6 Å². The highest BCUT2D eigenvalue weighted by atomic mass is 19.3. The molecule has 0 radical (unpaired) electrons. The Balaban J connectivity index is 1.78. The highest BCUT2D eigenvalue weighted by Crippen LogP contribution is 2.32. The lowest BCUT2D eigenvalue weighted by Gasteiger charge is -2.23. The molecule has 3 aromatic rings. The summed E-state index contributed by atoms with van der Waals surface area (Å²) in [5, 5.41) is 11.0. The number of ether oxygens (including phenoxy) is 3. The Morgan fingerprint density at radius 2 is 1.54 bits per heavy atom. The number of para-hydroxylation sites is 1. The van der Waals surface area contributed by atoms with Crippen LogP contribution >= 0.6 is 0 Å². The van der Waals surface area contributed by atoms with Crippen molar-refractivity contribution in [2.75, 3.05) is 6.61 Å². The predicted octanol–water partition coefficient (Wildman–Crippen LogP) is 6.17. The molecule has 0 amide bonds. The Bertz CT molecular complexity index is 1090. The molecule has 3 rings (SSSR count). The summed E-state index contributed by atoms with van der Waals surface area (Å²) < 4.78 is 66.4. The van der Waals surface area contributed by atoms with E-state index < -0.39 is 36.3 Å². The summed E-state index contributed by atoms with van der Waals surface area (Å²) in [5.41, 5.74) is 0.716. The fourth-order valence-electron chi connectivity index (χ4n) is 3.35. The van der Waals surface area contributed by atoms with Gasteiger partial charge in [-0.1, -0.05) is 42.5 Å². The summed E-state index contributed by atoms with van der Waals surface area (Å²) in [6, 6.07) is 20.6. The molecule has 0 aromatic heterocycles. The van der Waals surface area contributed by atoms with Crippen LogP contribution in [-0.4, -0.2) is 30.2 Å². The van der Waals surface area contributed by atoms with E-state index in [1.165, 1.54) is 12.1 Å². The maximum atomic E-state index is 13.3. The third-order valence-corrected chi connectivity index (χ3v) is 5.03. The zero-order valence-electron chi connectivity index (χ0n) is 18.7. The number of esters is 1. The molecule has 3 aromatic carbocycles. The third kappa shape index (κ3) is 7.19. The van der Waals surface area contributed by atoms with Crippen LogP contribution in [0.2, 0.25) is 0 Å². The van der Waals surface area contributed by atoms with Gasteiger partial charge in [0.05, 0.1) is 18.6 Å². The second kappa shape index (κ2) is 11.7. The molecule has 0 heterocycles. The number of aliphatic hydroxyl groups is 1. The molecule has 9 heteroatoms. The number of halogens is 4. The van der Waals surface area contributed by atoms with Crippen LogP contribution in [0.1, 0.15) is 24.2 Å². The molecule has 0 spiro atoms. The van der Waals surface area contributed by atoms with Crippen LogP contribution in [0, 0.1) is 5.92 Å². The minimum Gasteiger partial charge on any atom is -0.466 e. The van der Waals surface area contributed by atoms with Crippen LogP contribution in [0.25, 0.3) is 0 Å². The number of rotatable bonds is 11. The summed E-state index contributed by atoms with van der Waals surface area (Å²) in [6.07, 6.45) is -10.1. The molecule has 0 fully saturated rings. The first-order chi connectivity index (χ1) is 16.7. The minimum absolute atomic E-state index is 0.0651. The highest BCUT2D eigenvalue weighted by Gasteiger charge is 2.44. The lowest BCUT2D eigenvalue weighted by Crippen LogP contribution is -2.33. The number of alkyl halides is 4. The van der Waals surface area contributed by atoms with Gasteiger partial charge in [-0.05, 0) is 60.9 Å². The van der Waals surface area contributed by atoms with E-state index in [0.717, 1.165) is 12.1 Å². The second-order valence-corrected chi connectivity index (χ2v) is 7.60. The van der Waals surface area contributed by atoms with Crippen LogP contribution in [0.5, 0.6) is 17.2 Å². The molecule has 35 heavy (non-hydrogen) atoms. The first kappa shape index (κ1) is 26.0. The van der Waals surface area contributed by atoms with Crippen molar-refractivity contribution in [1.82, 2.24) is 0 Å². The van der Waals surface area contributed by atoms with E-state index in [2.05, 4.69) is 4.74 Å². The fraction of sp³-hybridized carbons (Fsp3) is 0.269. The van der Waals surface area contributed by atoms with Gasteiger partial charge in [0.15, 0.2) is 0 Å². The normalized spacial score (nSPS) is 13.2. The number of aliphatic hydroxyl groups excluding tert-OH is 1. The highest BCUT2D eigenvalue weighted by molar-refractivity contribution is 5.74. The lowest BCUT2D eigenvalue weighted by molar-refractivity contribution is -0.253. The van der Waals surface area contributed by atoms with Crippen molar-refractivity contribution in [2.24, 2.45) is 5.92 Å². The van der Waals surface area contributed by atoms with E-state index in [1.807, 2.05) is 18.2 Å². The summed E-state index contributed by atoms with van der Waals surface area (Å²) in [4.78, 5) is 12.6. The molecule has 186 valence electrons. The van der Waals surface area contributed by atoms with Crippen LogP contribution < -0.4 is 9.47 Å². The summed E-state index contributed by atoms with van der Waals surface area (Å²) in [6.45, 7) is 1.67. The number of carbonyl (C=O) groups excluding carboxylic acids is 1. The van der Waals surface area contributed by atoms with Gasteiger partial charge in [0.2, 0.25) is 0 Å². The van der Waals surface area contributed by atoms with Crippen LogP contribution in [0.15, 0.2) is 78.9 Å². The third-order valence-electron chi connectivity index (χ3n) is 5.03. The SMILES string of the molecule is CCOC(=O)C(Cc1cccc(OC(F)(F)C(F)F)c1)C(O)c1ccc(Oc2ccccc2)cc1. The predicted molar refractivity (Wildman–Crippen MR) is 120 cm³/mol. The molecule has 0 aliphatic rings. The number of hydrogen-bond acceptors (Lipinski definition) is 5. The van der Waals surface area contributed by atoms with Crippen molar-refractivity contribution < 1.29 is 41.7 Å². The monoisotopic (exact) mass is 492 g/mol. The molecule has 1 N–H and O–H groups in total. The zero-order chi connectivity index (χ0) is 25.4. The zero-order valence-corrected chi connectivity index (χ0v) is 18.7. The average Bonchev–Trinajstić information content (AvgIpc) is 2.83. The van der Waals surface area contributed by atoms with E-state index in [-0.39, 0.29) is 13.0 Å². The van der Waals surface area contributed by atoms with Gasteiger partial charge in [0.25, 0.3) is 0 Å². The summed E-state index contributed by atoms with van der Waals surface area (Å²) in [5.74, 6) is -1.14. The molecular weight excluding hydrogens is 468 g/mol. The van der Waals surface area contributed by atoms with E-state index in [1.54, 1.807) is 43.3 Å². The van der Waals surface area contributed by atoms with Gasteiger partial charge < -0.3 is 19.3 Å². The second-order valence-electron chi connectivity index (χ2n) is 7.60. The quantitative estimate of drug-likeness (QED) is 0.256. The Kier molecular flexibility index (Phi) is 8.70. The van der Waals surface area contributed by atoms with E-state index >= 15 is 0 Å². The van der Waals surface area contributed by atoms with E-state index in [4.69, 9.17) is 9.47 Å². The van der Waals surface area contributed by atoms with Gasteiger partial charge in [-0.3, -0.25) is 4.79 Å². The van der Waals surface area contributed by atoms with Gasteiger partial charge in [0.1, 0.15) is 17.2 Å². The van der Waals surface area contributed by atoms with Crippen LogP contribution in [-0.2, 0) is 16.0 Å². The maximum absolute atomic E-state index is 13.3. The first-order valence-electron chi connectivity index (χ1n) is 10.8. The Morgan fingerprint density at radius 3 is 2.17 bits per heavy atom. The minimum atomic E-state index is -4.66. The van der Waals surface area contributed by atoms with E-state index in [9.17, 15) is 27.5 Å². The Hall–Kier alpha value is -3.59. The molecule has 0 saturated carbocycles. The van der Waals surface area contributed by atoms with Crippen LogP contribution in [0.3, 0.4) is 0 Å². The number of hydrogen-bond donors (Lipinski definition) is 1. The maximum Gasteiger partial charge on any atom is 0.461 e. The molecule has 2 atom stereocenters. The Morgan fingerprint density at radius 1 is 0.914 bits per heavy atom. The van der Waals surface area contributed by atoms with Crippen molar-refractivity contribution >= 4 is 5.97 Å². The van der Waals surface area contributed by atoms with Crippen LogP contribution in [0.4, 0.5) is 17.6 Å². The van der Waals surface area contributed by atoms with Gasteiger partial charge in [-0.25, -0.2) is 0 Å². The van der Waals surface area contributed by atoms with Crippen molar-refractivity contribution in [3.8, 4) is 17.2 Å². The van der Waals surface area contributed by atoms with Crippen molar-refractivity contribution in [2.45, 2.75) is 32.0 Å². The molecule has 0 bridgehead atoms. The van der Waals surface area contributed by atoms with Crippen molar-refractivity contribution in [3.05, 3.63) is 90.0 Å². The van der Waals surface area contributed by atoms with Crippen molar-refractivity contribution in [1.29, 1.82) is 0 Å². The lowest BCUT2D eigenvalue weighted by atomic mass is 9.89. The Labute approximate surface area is 199 Å². The number of carbonyl (C=O) groups is 1. The average molecular weight is 492 g/mol. The first-order valence-corrected chi connectivity index (χ1v) is 10.8. The van der Waals surface area contributed by atoms with Gasteiger partial charge in [-0.2, -0.15) is 17.6 Å². The fourth-order valence-corrected chi connectivity index (χ4v) is 3.35. The molecule has 0 saturated heterocycles. The van der Waals surface area contributed by atoms with Gasteiger partial charge in [-0.15, -0.1) is 0 Å². The molecule has 5 nitrogen and oxygen atoms in total. The largest absolute Gasteiger partial charge is 0.466 e. The number of benzene rings is 3. The molecule has 2 unspecified atom stereocenters. The molecule has 0 aliphatic carbocycles. The standard InChI is InChI=1S/C26H24F4O5/c1-2-33-24(32)22(16-17-7-6-10-21(15-17)35-26(29,30)25(27)28)23(31)18-11-13-20(14-12-18)34-19-8-4-3-5-9-19/h3-15,22-23,25,31H,2,16H2,1H3.